The van der Waals surface area contributed by atoms with E-state index in [1.165, 1.54) is 114 Å². The van der Waals surface area contributed by atoms with E-state index in [9.17, 15) is 9.59 Å². The topological polar surface area (TPSA) is 77.5 Å². The van der Waals surface area contributed by atoms with Crippen LogP contribution in [-0.4, -0.2) is 93.2 Å². The second kappa shape index (κ2) is 40.9. The van der Waals surface area contributed by atoms with Crippen LogP contribution in [0.3, 0.4) is 0 Å². The predicted molar refractivity (Wildman–Crippen MR) is 261 cm³/mol. The number of amides is 1. The van der Waals surface area contributed by atoms with Gasteiger partial charge in [0.2, 0.25) is 0 Å². The molecule has 1 amide bonds. The molecule has 1 rings (SSSR count). The minimum atomic E-state index is -0.391. The number of hydrogen-bond acceptors (Lipinski definition) is 8. The molecule has 1 saturated heterocycles. The van der Waals surface area contributed by atoms with Crippen LogP contribution in [0, 0.1) is 5.41 Å². The number of likely N-dealkylation sites (tertiary alicyclic amines) is 1. The third-order valence-corrected chi connectivity index (χ3v) is 12.8. The number of rotatable bonds is 42. The van der Waals surface area contributed by atoms with Gasteiger partial charge in [0.25, 0.3) is 5.24 Å². The van der Waals surface area contributed by atoms with E-state index in [4.69, 9.17) is 18.9 Å². The van der Waals surface area contributed by atoms with Gasteiger partial charge < -0.3 is 28.7 Å². The summed E-state index contributed by atoms with van der Waals surface area (Å²) in [5.74, 6) is 1.40. The largest absolute Gasteiger partial charge is 0.498 e. The Labute approximate surface area is 381 Å². The molecule has 9 heteroatoms. The lowest BCUT2D eigenvalue weighted by atomic mass is 9.80. The molecular formula is C52H96N2O6S. The number of hydrogen-bond donors (Lipinski definition) is 0. The molecule has 0 unspecified atom stereocenters. The van der Waals surface area contributed by atoms with Gasteiger partial charge in [-0.1, -0.05) is 160 Å². The summed E-state index contributed by atoms with van der Waals surface area (Å²) in [6, 6.07) is 0. The summed E-state index contributed by atoms with van der Waals surface area (Å²) in [5, 5.41) is 0.143. The zero-order valence-electron chi connectivity index (χ0n) is 40.5. The Balaban J connectivity index is 2.62. The number of ether oxygens (including phenoxy) is 4. The van der Waals surface area contributed by atoms with Crippen LogP contribution in [0.15, 0.2) is 36.6 Å². The van der Waals surface area contributed by atoms with Gasteiger partial charge >= 0.3 is 5.97 Å². The van der Waals surface area contributed by atoms with E-state index in [0.29, 0.717) is 39.3 Å². The minimum absolute atomic E-state index is 0.143. The summed E-state index contributed by atoms with van der Waals surface area (Å²) < 4.78 is 24.8. The highest BCUT2D eigenvalue weighted by Gasteiger charge is 2.38. The Bertz CT molecular complexity index is 1090. The zero-order valence-corrected chi connectivity index (χ0v) is 41.3. The highest BCUT2D eigenvalue weighted by atomic mass is 32.2. The maximum Gasteiger partial charge on any atom is 0.305 e. The molecular weight excluding hydrogens is 781 g/mol. The first-order chi connectivity index (χ1) is 29.7. The van der Waals surface area contributed by atoms with E-state index >= 15 is 0 Å². The van der Waals surface area contributed by atoms with Gasteiger partial charge in [-0.15, -0.1) is 0 Å². The number of piperidine rings is 1. The third-order valence-electron chi connectivity index (χ3n) is 11.8. The first-order valence-corrected chi connectivity index (χ1v) is 26.3. The number of esters is 1. The van der Waals surface area contributed by atoms with E-state index in [0.717, 1.165) is 88.7 Å². The average Bonchev–Trinajstić information content (AvgIpc) is 3.26. The monoisotopic (exact) mass is 877 g/mol. The predicted octanol–water partition coefficient (Wildman–Crippen LogP) is 14.6. The van der Waals surface area contributed by atoms with E-state index < -0.39 is 6.29 Å². The molecule has 1 heterocycles. The fourth-order valence-electron chi connectivity index (χ4n) is 7.54. The molecule has 0 aromatic carbocycles. The van der Waals surface area contributed by atoms with Crippen LogP contribution in [-0.2, 0) is 23.7 Å². The van der Waals surface area contributed by atoms with Crippen LogP contribution in [0.1, 0.15) is 207 Å². The van der Waals surface area contributed by atoms with E-state index in [-0.39, 0.29) is 29.7 Å². The molecule has 0 radical (unpaired) electrons. The number of carbonyl (C=O) groups is 2. The lowest BCUT2D eigenvalue weighted by Crippen LogP contribution is -2.46. The fourth-order valence-corrected chi connectivity index (χ4v) is 8.35. The maximum absolute atomic E-state index is 13.3. The van der Waals surface area contributed by atoms with Gasteiger partial charge in [-0.25, -0.2) is 0 Å². The van der Waals surface area contributed by atoms with Crippen LogP contribution < -0.4 is 0 Å². The Morgan fingerprint density at radius 3 is 1.75 bits per heavy atom. The smallest absolute Gasteiger partial charge is 0.305 e. The van der Waals surface area contributed by atoms with Crippen molar-refractivity contribution in [2.75, 3.05) is 65.9 Å². The number of unbranched alkanes of at least 4 members (excludes halogenated alkanes) is 18. The molecule has 0 aromatic rings. The van der Waals surface area contributed by atoms with Gasteiger partial charge in [0, 0.05) is 50.3 Å². The SMILES string of the molecule is C=C(CCCCCCC/C=C\C/C=C\CCCCC)OCC1(COC(=O)CCC(OCCCCCCCC)OCCCCCCCC)CCN(C(=O)SCCCN(C)C)CC1. The second-order valence-corrected chi connectivity index (χ2v) is 19.0. The molecule has 0 bridgehead atoms. The first kappa shape index (κ1) is 57.2. The molecule has 1 aliphatic heterocycles. The summed E-state index contributed by atoms with van der Waals surface area (Å²) >= 11 is 1.42. The number of thioether (sulfide) groups is 1. The fraction of sp³-hybridized carbons (Fsp3) is 0.846. The lowest BCUT2D eigenvalue weighted by Gasteiger charge is -2.41. The number of allylic oxidation sites excluding steroid dienone is 5. The number of nitrogens with zero attached hydrogens (tertiary/aromatic N) is 2. The van der Waals surface area contributed by atoms with Crippen LogP contribution in [0.4, 0.5) is 4.79 Å². The van der Waals surface area contributed by atoms with Gasteiger partial charge in [0.1, 0.15) is 6.61 Å². The summed E-state index contributed by atoms with van der Waals surface area (Å²) in [5.41, 5.74) is -0.356. The van der Waals surface area contributed by atoms with Gasteiger partial charge in [0.05, 0.1) is 18.8 Å². The van der Waals surface area contributed by atoms with Crippen LogP contribution >= 0.6 is 11.8 Å². The Morgan fingerprint density at radius 1 is 0.656 bits per heavy atom. The molecule has 8 nitrogen and oxygen atoms in total. The molecule has 1 aliphatic rings. The summed E-state index contributed by atoms with van der Waals surface area (Å²) in [6.07, 6.45) is 40.7. The van der Waals surface area contributed by atoms with Crippen molar-refractivity contribution in [3.8, 4) is 0 Å². The molecule has 0 aliphatic carbocycles. The minimum Gasteiger partial charge on any atom is -0.498 e. The molecule has 0 spiro atoms. The molecule has 61 heavy (non-hydrogen) atoms. The van der Waals surface area contributed by atoms with Crippen molar-refractivity contribution in [3.63, 3.8) is 0 Å². The van der Waals surface area contributed by atoms with Gasteiger partial charge in [-0.3, -0.25) is 9.59 Å². The van der Waals surface area contributed by atoms with E-state index in [1.54, 1.807) is 0 Å². The van der Waals surface area contributed by atoms with Crippen molar-refractivity contribution in [2.45, 2.75) is 213 Å². The normalized spacial score (nSPS) is 14.2. The molecule has 0 aromatic heterocycles. The summed E-state index contributed by atoms with van der Waals surface area (Å²) in [4.78, 5) is 30.5. The molecule has 0 saturated carbocycles. The van der Waals surface area contributed by atoms with Crippen molar-refractivity contribution < 1.29 is 28.5 Å². The van der Waals surface area contributed by atoms with E-state index in [1.807, 2.05) is 4.90 Å². The van der Waals surface area contributed by atoms with Crippen molar-refractivity contribution in [3.05, 3.63) is 36.6 Å². The Kier molecular flexibility index (Phi) is 38.4. The molecule has 0 atom stereocenters. The maximum atomic E-state index is 13.3. The Hall–Kier alpha value is -1.81. The van der Waals surface area contributed by atoms with Crippen molar-refractivity contribution >= 4 is 23.0 Å². The highest BCUT2D eigenvalue weighted by Crippen LogP contribution is 2.35. The van der Waals surface area contributed by atoms with Gasteiger partial charge in [0.15, 0.2) is 6.29 Å². The van der Waals surface area contributed by atoms with Crippen LogP contribution in [0.25, 0.3) is 0 Å². The average molecular weight is 877 g/mol. The lowest BCUT2D eigenvalue weighted by molar-refractivity contribution is -0.162. The van der Waals surface area contributed by atoms with Crippen molar-refractivity contribution in [1.82, 2.24) is 9.80 Å². The van der Waals surface area contributed by atoms with Crippen LogP contribution in [0.2, 0.25) is 0 Å². The molecule has 0 N–H and O–H groups in total. The summed E-state index contributed by atoms with van der Waals surface area (Å²) in [7, 11) is 4.12. The van der Waals surface area contributed by atoms with E-state index in [2.05, 4.69) is 70.6 Å². The van der Waals surface area contributed by atoms with Gasteiger partial charge in [-0.05, 0) is 91.3 Å². The molecule has 356 valence electrons. The molecule has 1 fully saturated rings. The first-order valence-electron chi connectivity index (χ1n) is 25.3. The van der Waals surface area contributed by atoms with Crippen molar-refractivity contribution in [2.24, 2.45) is 5.41 Å². The standard InChI is InChI=1S/C52H96N2O6S/c1-7-10-13-16-19-20-21-22-23-24-25-26-27-28-31-35-48(4)59-46-52(38-41-54(42-39-52)51(56)61-45-34-40-53(5)6)47-60-49(55)36-37-50(57-43-32-29-17-14-11-8-2)58-44-33-30-18-15-12-9-3/h19-20,22-23,50H,4,7-18,21,24-47H2,1-3,5-6H3/b20-19-,23-22-. The van der Waals surface area contributed by atoms with Gasteiger partial charge in [-0.2, -0.15) is 0 Å². The van der Waals surface area contributed by atoms with Crippen LogP contribution in [0.5, 0.6) is 0 Å². The third kappa shape index (κ3) is 34.3. The summed E-state index contributed by atoms with van der Waals surface area (Å²) in [6.45, 7) is 15.3. The second-order valence-electron chi connectivity index (χ2n) is 18.0. The number of carbonyl (C=O) groups excluding carboxylic acids is 2. The van der Waals surface area contributed by atoms with Crippen molar-refractivity contribution in [1.29, 1.82) is 0 Å². The Morgan fingerprint density at radius 2 is 1.16 bits per heavy atom. The highest BCUT2D eigenvalue weighted by molar-refractivity contribution is 8.13. The quantitative estimate of drug-likeness (QED) is 0.0197. The zero-order chi connectivity index (χ0) is 44.5.